The molecule has 0 atom stereocenters. The highest BCUT2D eigenvalue weighted by Crippen LogP contribution is 2.24. The predicted octanol–water partition coefficient (Wildman–Crippen LogP) is 2.59. The molecule has 0 aromatic heterocycles. The van der Waals surface area contributed by atoms with Crippen molar-refractivity contribution in [1.82, 2.24) is 0 Å². The fourth-order valence-corrected chi connectivity index (χ4v) is 1.67. The van der Waals surface area contributed by atoms with Crippen LogP contribution < -0.4 is 4.90 Å². The number of hydrogen-bond acceptors (Lipinski definition) is 2. The number of para-hydroxylation sites is 1. The lowest BCUT2D eigenvalue weighted by Crippen LogP contribution is -2.25. The van der Waals surface area contributed by atoms with Gasteiger partial charge in [0.2, 0.25) is 0 Å². The Hall–Kier alpha value is -1.70. The van der Waals surface area contributed by atoms with Gasteiger partial charge in [0.1, 0.15) is 0 Å². The Morgan fingerprint density at radius 2 is 2.21 bits per heavy atom. The maximum absolute atomic E-state index is 8.62. The Kier molecular flexibility index (Phi) is 2.54. The van der Waals surface area contributed by atoms with Gasteiger partial charge in [0.15, 0.2) is 0 Å². The minimum Gasteiger partial charge on any atom is -0.516 e. The molecule has 0 aliphatic carbocycles. The maximum atomic E-state index is 8.62. The number of aliphatic hydroxyl groups excluding tert-OH is 1. The third kappa shape index (κ3) is 1.64. The molecule has 1 aromatic carbocycles. The van der Waals surface area contributed by atoms with Crippen LogP contribution in [0.25, 0.3) is 6.08 Å². The van der Waals surface area contributed by atoms with Crippen molar-refractivity contribution in [1.29, 1.82) is 0 Å². The highest BCUT2D eigenvalue weighted by Gasteiger charge is 2.09. The summed E-state index contributed by atoms with van der Waals surface area (Å²) in [7, 11) is 0. The summed E-state index contributed by atoms with van der Waals surface area (Å²) in [5.41, 5.74) is 2.47. The van der Waals surface area contributed by atoms with Gasteiger partial charge in [-0.3, -0.25) is 0 Å². The predicted molar refractivity (Wildman–Crippen MR) is 59.5 cm³/mol. The van der Waals surface area contributed by atoms with Crippen molar-refractivity contribution in [3.05, 3.63) is 48.2 Å². The molecule has 2 heteroatoms. The average molecular weight is 187 g/mol. The number of fused-ring (bicyclic) bond motifs is 1. The molecule has 14 heavy (non-hydrogen) atoms. The first kappa shape index (κ1) is 8.88. The van der Waals surface area contributed by atoms with Gasteiger partial charge in [-0.1, -0.05) is 30.4 Å². The SMILES string of the molecule is OC=CCN1CC=Cc2ccccc21. The normalized spacial score (nSPS) is 14.7. The van der Waals surface area contributed by atoms with Crippen molar-refractivity contribution in [2.45, 2.75) is 0 Å². The molecule has 0 amide bonds. The second kappa shape index (κ2) is 4.01. The van der Waals surface area contributed by atoms with E-state index in [4.69, 9.17) is 5.11 Å². The van der Waals surface area contributed by atoms with Crippen LogP contribution in [0.15, 0.2) is 42.7 Å². The fourth-order valence-electron chi connectivity index (χ4n) is 1.67. The molecular formula is C12H13NO. The number of benzene rings is 1. The summed E-state index contributed by atoms with van der Waals surface area (Å²) in [6.45, 7) is 1.65. The lowest BCUT2D eigenvalue weighted by atomic mass is 10.1. The van der Waals surface area contributed by atoms with Crippen LogP contribution in [0.5, 0.6) is 0 Å². The quantitative estimate of drug-likeness (QED) is 0.719. The van der Waals surface area contributed by atoms with Gasteiger partial charge in [-0.05, 0) is 17.7 Å². The first-order valence-electron chi connectivity index (χ1n) is 4.71. The largest absolute Gasteiger partial charge is 0.516 e. The summed E-state index contributed by atoms with van der Waals surface area (Å²) in [4.78, 5) is 2.21. The van der Waals surface area contributed by atoms with Crippen LogP contribution in [-0.4, -0.2) is 18.2 Å². The lowest BCUT2D eigenvalue weighted by Gasteiger charge is -2.26. The van der Waals surface area contributed by atoms with Crippen LogP contribution in [0.3, 0.4) is 0 Å². The molecule has 1 heterocycles. The summed E-state index contributed by atoms with van der Waals surface area (Å²) < 4.78 is 0. The van der Waals surface area contributed by atoms with E-state index in [1.807, 2.05) is 12.1 Å². The van der Waals surface area contributed by atoms with Gasteiger partial charge in [0, 0.05) is 18.8 Å². The molecule has 0 spiro atoms. The van der Waals surface area contributed by atoms with Gasteiger partial charge >= 0.3 is 0 Å². The Labute approximate surface area is 83.8 Å². The number of aliphatic hydroxyl groups is 1. The molecule has 0 unspecified atom stereocenters. The van der Waals surface area contributed by atoms with Gasteiger partial charge in [0.25, 0.3) is 0 Å². The molecular weight excluding hydrogens is 174 g/mol. The molecule has 1 N–H and O–H groups in total. The van der Waals surface area contributed by atoms with E-state index in [9.17, 15) is 0 Å². The summed E-state index contributed by atoms with van der Waals surface area (Å²) >= 11 is 0. The van der Waals surface area contributed by atoms with Crippen LogP contribution >= 0.6 is 0 Å². The van der Waals surface area contributed by atoms with Crippen molar-refractivity contribution >= 4 is 11.8 Å². The average Bonchev–Trinajstić information content (AvgIpc) is 2.26. The van der Waals surface area contributed by atoms with Crippen LogP contribution in [-0.2, 0) is 0 Å². The van der Waals surface area contributed by atoms with Crippen molar-refractivity contribution in [2.24, 2.45) is 0 Å². The molecule has 2 rings (SSSR count). The minimum atomic E-state index is 0.748. The number of nitrogens with zero attached hydrogens (tertiary/aromatic N) is 1. The standard InChI is InChI=1S/C12H13NO/c14-10-4-9-13-8-3-6-11-5-1-2-7-12(11)13/h1-7,10,14H,8-9H2. The second-order valence-corrected chi connectivity index (χ2v) is 3.25. The van der Waals surface area contributed by atoms with E-state index in [0.717, 1.165) is 19.4 Å². The lowest BCUT2D eigenvalue weighted by molar-refractivity contribution is 0.471. The van der Waals surface area contributed by atoms with Crippen LogP contribution in [0.4, 0.5) is 5.69 Å². The van der Waals surface area contributed by atoms with Crippen LogP contribution in [0.2, 0.25) is 0 Å². The van der Waals surface area contributed by atoms with E-state index in [1.165, 1.54) is 11.3 Å². The van der Waals surface area contributed by atoms with E-state index in [1.54, 1.807) is 6.08 Å². The molecule has 2 nitrogen and oxygen atoms in total. The molecule has 1 aliphatic heterocycles. The zero-order valence-corrected chi connectivity index (χ0v) is 7.93. The molecule has 0 saturated carbocycles. The third-order valence-electron chi connectivity index (χ3n) is 2.33. The van der Waals surface area contributed by atoms with Gasteiger partial charge in [0.05, 0.1) is 6.26 Å². The van der Waals surface area contributed by atoms with E-state index in [-0.39, 0.29) is 0 Å². The number of anilines is 1. The first-order valence-corrected chi connectivity index (χ1v) is 4.71. The highest BCUT2D eigenvalue weighted by molar-refractivity contribution is 5.71. The van der Waals surface area contributed by atoms with E-state index < -0.39 is 0 Å². The zero-order valence-electron chi connectivity index (χ0n) is 7.93. The molecule has 1 aromatic rings. The van der Waals surface area contributed by atoms with Gasteiger partial charge < -0.3 is 10.0 Å². The third-order valence-corrected chi connectivity index (χ3v) is 2.33. The fraction of sp³-hybridized carbons (Fsp3) is 0.167. The van der Waals surface area contributed by atoms with Crippen molar-refractivity contribution < 1.29 is 5.11 Å². The Morgan fingerprint density at radius 3 is 3.07 bits per heavy atom. The van der Waals surface area contributed by atoms with Gasteiger partial charge in [-0.15, -0.1) is 0 Å². The van der Waals surface area contributed by atoms with E-state index in [2.05, 4.69) is 29.2 Å². The zero-order chi connectivity index (χ0) is 9.80. The highest BCUT2D eigenvalue weighted by atomic mass is 16.2. The maximum Gasteiger partial charge on any atom is 0.0769 e. The van der Waals surface area contributed by atoms with Crippen LogP contribution in [0.1, 0.15) is 5.56 Å². The monoisotopic (exact) mass is 187 g/mol. The summed E-state index contributed by atoms with van der Waals surface area (Å²) in [5.74, 6) is 0. The van der Waals surface area contributed by atoms with Crippen molar-refractivity contribution in [3.8, 4) is 0 Å². The smallest absolute Gasteiger partial charge is 0.0769 e. The molecule has 1 aliphatic rings. The van der Waals surface area contributed by atoms with E-state index in [0.29, 0.717) is 0 Å². The Bertz CT molecular complexity index is 368. The molecule has 0 fully saturated rings. The van der Waals surface area contributed by atoms with Crippen molar-refractivity contribution in [2.75, 3.05) is 18.0 Å². The number of rotatable bonds is 2. The van der Waals surface area contributed by atoms with Crippen LogP contribution in [0, 0.1) is 0 Å². The first-order chi connectivity index (χ1) is 6.92. The second-order valence-electron chi connectivity index (χ2n) is 3.25. The Balaban J connectivity index is 2.26. The van der Waals surface area contributed by atoms with E-state index >= 15 is 0 Å². The Morgan fingerprint density at radius 1 is 1.36 bits per heavy atom. The summed E-state index contributed by atoms with van der Waals surface area (Å²) in [6.07, 6.45) is 7.11. The molecule has 0 saturated heterocycles. The van der Waals surface area contributed by atoms with Gasteiger partial charge in [-0.25, -0.2) is 0 Å². The minimum absolute atomic E-state index is 0.748. The van der Waals surface area contributed by atoms with Gasteiger partial charge in [-0.2, -0.15) is 0 Å². The molecule has 72 valence electrons. The topological polar surface area (TPSA) is 23.5 Å². The number of hydrogen-bond donors (Lipinski definition) is 1. The summed E-state index contributed by atoms with van der Waals surface area (Å²) in [6, 6.07) is 8.27. The summed E-state index contributed by atoms with van der Waals surface area (Å²) in [5, 5.41) is 8.62. The molecule has 0 bridgehead atoms. The molecule has 0 radical (unpaired) electrons. The van der Waals surface area contributed by atoms with Crippen molar-refractivity contribution in [3.63, 3.8) is 0 Å².